The summed E-state index contributed by atoms with van der Waals surface area (Å²) in [6, 6.07) is 7.77. The number of nitrogens with zero attached hydrogens (tertiary/aromatic N) is 3. The van der Waals surface area contributed by atoms with E-state index in [0.29, 0.717) is 11.8 Å². The van der Waals surface area contributed by atoms with Gasteiger partial charge in [0.05, 0.1) is 12.6 Å². The summed E-state index contributed by atoms with van der Waals surface area (Å²) in [5.74, 6) is 0.959. The van der Waals surface area contributed by atoms with E-state index in [-0.39, 0.29) is 24.0 Å². The zero-order chi connectivity index (χ0) is 17.9. The molecule has 2 rings (SSSR count). The van der Waals surface area contributed by atoms with E-state index in [4.69, 9.17) is 4.42 Å². The maximum absolute atomic E-state index is 12.0. The molecule has 0 radical (unpaired) electrons. The summed E-state index contributed by atoms with van der Waals surface area (Å²) in [4.78, 5) is 13.9. The Morgan fingerprint density at radius 1 is 1.33 bits per heavy atom. The summed E-state index contributed by atoms with van der Waals surface area (Å²) in [6.07, 6.45) is 0. The SMILES string of the molecule is Cc1cccc(-c2nnc([C@H](C)N(C)CC(=O)NC(C)(C)C)o2)c1. The molecule has 1 aromatic carbocycles. The van der Waals surface area contributed by atoms with Gasteiger partial charge in [-0.25, -0.2) is 0 Å². The van der Waals surface area contributed by atoms with Crippen molar-refractivity contribution in [1.29, 1.82) is 0 Å². The smallest absolute Gasteiger partial charge is 0.247 e. The highest BCUT2D eigenvalue weighted by molar-refractivity contribution is 5.78. The van der Waals surface area contributed by atoms with Gasteiger partial charge in [0.25, 0.3) is 0 Å². The minimum Gasteiger partial charge on any atom is -0.419 e. The first-order valence-corrected chi connectivity index (χ1v) is 8.07. The molecule has 1 atom stereocenters. The lowest BCUT2D eigenvalue weighted by atomic mass is 10.1. The molecular formula is C18H26N4O2. The third-order valence-corrected chi connectivity index (χ3v) is 3.63. The zero-order valence-corrected chi connectivity index (χ0v) is 15.3. The van der Waals surface area contributed by atoms with Gasteiger partial charge >= 0.3 is 0 Å². The number of hydrogen-bond acceptors (Lipinski definition) is 5. The van der Waals surface area contributed by atoms with Gasteiger partial charge in [-0.05, 0) is 53.8 Å². The zero-order valence-electron chi connectivity index (χ0n) is 15.3. The second-order valence-electron chi connectivity index (χ2n) is 7.20. The minimum absolute atomic E-state index is 0.0322. The summed E-state index contributed by atoms with van der Waals surface area (Å²) in [5, 5.41) is 11.2. The van der Waals surface area contributed by atoms with Crippen molar-refractivity contribution in [1.82, 2.24) is 20.4 Å². The van der Waals surface area contributed by atoms with Crippen LogP contribution in [0.5, 0.6) is 0 Å². The Labute approximate surface area is 143 Å². The standard InChI is InChI=1S/C18H26N4O2/c1-12-8-7-9-14(10-12)17-21-20-16(24-17)13(2)22(6)11-15(23)19-18(3,4)5/h7-10,13H,11H2,1-6H3,(H,19,23)/t13-/m0/s1. The number of hydrogen-bond donors (Lipinski definition) is 1. The molecule has 1 N–H and O–H groups in total. The fraction of sp³-hybridized carbons (Fsp3) is 0.500. The molecular weight excluding hydrogens is 304 g/mol. The molecule has 130 valence electrons. The third-order valence-electron chi connectivity index (χ3n) is 3.63. The Balaban J connectivity index is 2.05. The maximum Gasteiger partial charge on any atom is 0.247 e. The number of likely N-dealkylation sites (N-methyl/N-ethyl adjacent to an activating group) is 1. The molecule has 0 aliphatic heterocycles. The average Bonchev–Trinajstić information content (AvgIpc) is 2.94. The number of aromatic nitrogens is 2. The number of nitrogens with one attached hydrogen (secondary N) is 1. The van der Waals surface area contributed by atoms with E-state index < -0.39 is 0 Å². The molecule has 2 aromatic rings. The molecule has 0 saturated carbocycles. The molecule has 0 saturated heterocycles. The number of aryl methyl sites for hydroxylation is 1. The monoisotopic (exact) mass is 330 g/mol. The van der Waals surface area contributed by atoms with Gasteiger partial charge in [0.2, 0.25) is 17.7 Å². The fourth-order valence-electron chi connectivity index (χ4n) is 2.31. The van der Waals surface area contributed by atoms with Gasteiger partial charge in [-0.1, -0.05) is 17.7 Å². The molecule has 1 amide bonds. The quantitative estimate of drug-likeness (QED) is 0.912. The first kappa shape index (κ1) is 18.1. The van der Waals surface area contributed by atoms with E-state index in [0.717, 1.165) is 11.1 Å². The van der Waals surface area contributed by atoms with Crippen molar-refractivity contribution in [3.05, 3.63) is 35.7 Å². The van der Waals surface area contributed by atoms with Crippen LogP contribution in [0.3, 0.4) is 0 Å². The second-order valence-corrected chi connectivity index (χ2v) is 7.20. The Kier molecular flexibility index (Phi) is 5.39. The lowest BCUT2D eigenvalue weighted by Gasteiger charge is -2.25. The van der Waals surface area contributed by atoms with E-state index >= 15 is 0 Å². The van der Waals surface area contributed by atoms with Gasteiger partial charge in [-0.3, -0.25) is 9.69 Å². The summed E-state index contributed by atoms with van der Waals surface area (Å²) in [7, 11) is 1.86. The average molecular weight is 330 g/mol. The Bertz CT molecular complexity index is 703. The molecule has 1 heterocycles. The van der Waals surface area contributed by atoms with Gasteiger partial charge in [0.15, 0.2) is 0 Å². The normalized spacial score (nSPS) is 13.1. The lowest BCUT2D eigenvalue weighted by Crippen LogP contribution is -2.45. The highest BCUT2D eigenvalue weighted by atomic mass is 16.4. The summed E-state index contributed by atoms with van der Waals surface area (Å²) < 4.78 is 5.79. The molecule has 6 nitrogen and oxygen atoms in total. The molecule has 6 heteroatoms. The highest BCUT2D eigenvalue weighted by Gasteiger charge is 2.22. The van der Waals surface area contributed by atoms with Crippen LogP contribution in [0.25, 0.3) is 11.5 Å². The molecule has 1 aromatic heterocycles. The Morgan fingerprint density at radius 3 is 2.67 bits per heavy atom. The summed E-state index contributed by atoms with van der Waals surface area (Å²) >= 11 is 0. The molecule has 0 aliphatic rings. The Hall–Kier alpha value is -2.21. The highest BCUT2D eigenvalue weighted by Crippen LogP contribution is 2.23. The molecule has 0 spiro atoms. The van der Waals surface area contributed by atoms with E-state index in [1.54, 1.807) is 0 Å². The van der Waals surface area contributed by atoms with Crippen LogP contribution < -0.4 is 5.32 Å². The number of carbonyl (C=O) groups is 1. The second kappa shape index (κ2) is 7.13. The fourth-order valence-corrected chi connectivity index (χ4v) is 2.31. The van der Waals surface area contributed by atoms with Crippen LogP contribution in [0.4, 0.5) is 0 Å². The van der Waals surface area contributed by atoms with Crippen molar-refractivity contribution in [2.45, 2.75) is 46.2 Å². The number of amides is 1. The number of carbonyl (C=O) groups excluding carboxylic acids is 1. The van der Waals surface area contributed by atoms with Crippen LogP contribution >= 0.6 is 0 Å². The number of rotatable bonds is 5. The Morgan fingerprint density at radius 2 is 2.04 bits per heavy atom. The van der Waals surface area contributed by atoms with Gasteiger partial charge in [-0.2, -0.15) is 0 Å². The van der Waals surface area contributed by atoms with Crippen LogP contribution in [0.1, 0.15) is 45.2 Å². The van der Waals surface area contributed by atoms with Crippen molar-refractivity contribution in [2.75, 3.05) is 13.6 Å². The summed E-state index contributed by atoms with van der Waals surface area (Å²) in [5.41, 5.74) is 1.79. The third kappa shape index (κ3) is 4.89. The van der Waals surface area contributed by atoms with Crippen LogP contribution in [0.15, 0.2) is 28.7 Å². The van der Waals surface area contributed by atoms with Crippen LogP contribution in [0, 0.1) is 6.92 Å². The van der Waals surface area contributed by atoms with Gasteiger partial charge in [0.1, 0.15) is 0 Å². The van der Waals surface area contributed by atoms with Crippen molar-refractivity contribution in [2.24, 2.45) is 0 Å². The van der Waals surface area contributed by atoms with Gasteiger partial charge in [0, 0.05) is 11.1 Å². The van der Waals surface area contributed by atoms with Crippen LogP contribution in [0.2, 0.25) is 0 Å². The molecule has 0 fully saturated rings. The summed E-state index contributed by atoms with van der Waals surface area (Å²) in [6.45, 7) is 10.1. The minimum atomic E-state index is -0.246. The van der Waals surface area contributed by atoms with Gasteiger partial charge < -0.3 is 9.73 Å². The topological polar surface area (TPSA) is 71.3 Å². The molecule has 0 aliphatic carbocycles. The number of benzene rings is 1. The van der Waals surface area contributed by atoms with Crippen LogP contribution in [-0.4, -0.2) is 40.1 Å². The van der Waals surface area contributed by atoms with Gasteiger partial charge in [-0.15, -0.1) is 10.2 Å². The predicted octanol–water partition coefficient (Wildman–Crippen LogP) is 2.95. The van der Waals surface area contributed by atoms with Crippen LogP contribution in [-0.2, 0) is 4.79 Å². The van der Waals surface area contributed by atoms with Crippen molar-refractivity contribution in [3.63, 3.8) is 0 Å². The first-order chi connectivity index (χ1) is 11.2. The predicted molar refractivity (Wildman–Crippen MR) is 93.4 cm³/mol. The first-order valence-electron chi connectivity index (χ1n) is 8.07. The van der Waals surface area contributed by atoms with E-state index in [2.05, 4.69) is 15.5 Å². The van der Waals surface area contributed by atoms with E-state index in [1.807, 2.05) is 70.8 Å². The van der Waals surface area contributed by atoms with Crippen molar-refractivity contribution < 1.29 is 9.21 Å². The maximum atomic E-state index is 12.0. The largest absolute Gasteiger partial charge is 0.419 e. The molecule has 0 bridgehead atoms. The lowest BCUT2D eigenvalue weighted by molar-refractivity contribution is -0.123. The van der Waals surface area contributed by atoms with Crippen molar-refractivity contribution >= 4 is 5.91 Å². The molecule has 0 unspecified atom stereocenters. The molecule has 24 heavy (non-hydrogen) atoms. The van der Waals surface area contributed by atoms with E-state index in [1.165, 1.54) is 0 Å². The van der Waals surface area contributed by atoms with Crippen molar-refractivity contribution in [3.8, 4) is 11.5 Å². The van der Waals surface area contributed by atoms with E-state index in [9.17, 15) is 4.79 Å².